The zero-order valence-corrected chi connectivity index (χ0v) is 15.7. The summed E-state index contributed by atoms with van der Waals surface area (Å²) >= 11 is 1.31. The maximum Gasteiger partial charge on any atom is 0.274 e. The van der Waals surface area contributed by atoms with E-state index in [1.54, 1.807) is 28.7 Å². The summed E-state index contributed by atoms with van der Waals surface area (Å²) in [4.78, 5) is 28.6. The van der Waals surface area contributed by atoms with Gasteiger partial charge in [-0.05, 0) is 42.8 Å². The molecule has 2 heterocycles. The Morgan fingerprint density at radius 3 is 2.82 bits per heavy atom. The third-order valence-corrected chi connectivity index (χ3v) is 5.02. The van der Waals surface area contributed by atoms with Gasteiger partial charge < -0.3 is 19.4 Å². The fourth-order valence-corrected chi connectivity index (χ4v) is 3.89. The van der Waals surface area contributed by atoms with Crippen LogP contribution in [0.3, 0.4) is 0 Å². The average Bonchev–Trinajstić information content (AvgIpc) is 3.18. The molecule has 0 aliphatic rings. The van der Waals surface area contributed by atoms with Crippen LogP contribution in [-0.4, -0.2) is 28.6 Å². The van der Waals surface area contributed by atoms with Crippen molar-refractivity contribution >= 4 is 39.4 Å². The number of hydrogen-bond acceptors (Lipinski definition) is 7. The summed E-state index contributed by atoms with van der Waals surface area (Å²) in [6, 6.07) is 12.5. The van der Waals surface area contributed by atoms with Crippen molar-refractivity contribution in [1.82, 2.24) is 9.38 Å². The lowest BCUT2D eigenvalue weighted by Crippen LogP contribution is -2.29. The molecule has 0 N–H and O–H groups in total. The summed E-state index contributed by atoms with van der Waals surface area (Å²) < 4.78 is 12.9. The molecule has 0 saturated heterocycles. The molecule has 0 amide bonds. The molecule has 142 valence electrons. The van der Waals surface area contributed by atoms with Crippen molar-refractivity contribution in [3.8, 4) is 11.5 Å². The van der Waals surface area contributed by atoms with Gasteiger partial charge in [-0.2, -0.15) is 0 Å². The number of aromatic nitrogens is 2. The third kappa shape index (κ3) is 3.29. The van der Waals surface area contributed by atoms with Gasteiger partial charge in [0, 0.05) is 0 Å². The van der Waals surface area contributed by atoms with E-state index in [1.807, 2.05) is 31.2 Å². The summed E-state index contributed by atoms with van der Waals surface area (Å²) in [5.74, 6) is -0.613. The van der Waals surface area contributed by atoms with E-state index in [0.29, 0.717) is 27.6 Å². The Morgan fingerprint density at radius 2 is 2.04 bits per heavy atom. The third-order valence-electron chi connectivity index (χ3n) is 4.06. The predicted octanol–water partition coefficient (Wildman–Crippen LogP) is 0.984. The fourth-order valence-electron chi connectivity index (χ4n) is 2.90. The van der Waals surface area contributed by atoms with Crippen LogP contribution < -0.4 is 24.7 Å². The van der Waals surface area contributed by atoms with Crippen molar-refractivity contribution in [3.05, 3.63) is 62.9 Å². The van der Waals surface area contributed by atoms with Crippen LogP contribution in [0.2, 0.25) is 0 Å². The van der Waals surface area contributed by atoms with E-state index >= 15 is 0 Å². The molecule has 2 aromatic carbocycles. The molecule has 7 nitrogen and oxygen atoms in total. The minimum Gasteiger partial charge on any atom is -0.546 e. The number of imidazole rings is 1. The fraction of sp³-hybridized carbons (Fsp3) is 0.150. The normalized spacial score (nSPS) is 12.0. The van der Waals surface area contributed by atoms with Gasteiger partial charge >= 0.3 is 0 Å². The number of carbonyl (C=O) groups excluding carboxylic acids is 1. The molecule has 4 aromatic rings. The van der Waals surface area contributed by atoms with Crippen LogP contribution in [0.1, 0.15) is 12.5 Å². The van der Waals surface area contributed by atoms with Gasteiger partial charge in [-0.25, -0.2) is 9.38 Å². The van der Waals surface area contributed by atoms with E-state index in [0.717, 1.165) is 16.6 Å². The molecule has 0 aliphatic heterocycles. The largest absolute Gasteiger partial charge is 0.546 e. The first kappa shape index (κ1) is 18.0. The predicted molar refractivity (Wildman–Crippen MR) is 104 cm³/mol. The summed E-state index contributed by atoms with van der Waals surface area (Å²) in [6.07, 6.45) is 1.75. The lowest BCUT2D eigenvalue weighted by Gasteiger charge is -2.12. The second kappa shape index (κ2) is 7.32. The van der Waals surface area contributed by atoms with Crippen LogP contribution in [0.5, 0.6) is 11.5 Å². The lowest BCUT2D eigenvalue weighted by molar-refractivity contribution is -0.307. The van der Waals surface area contributed by atoms with E-state index in [-0.39, 0.29) is 5.56 Å². The number of carboxylic acid groups (broad SMARTS) is 1. The molecule has 0 atom stereocenters. The van der Waals surface area contributed by atoms with Crippen LogP contribution in [0.15, 0.2) is 47.3 Å². The van der Waals surface area contributed by atoms with Crippen molar-refractivity contribution in [2.24, 2.45) is 0 Å². The summed E-state index contributed by atoms with van der Waals surface area (Å²) in [6.45, 7) is 1.63. The first-order chi connectivity index (χ1) is 13.6. The van der Waals surface area contributed by atoms with E-state index in [4.69, 9.17) is 9.47 Å². The maximum absolute atomic E-state index is 12.8. The monoisotopic (exact) mass is 395 g/mol. The van der Waals surface area contributed by atoms with Gasteiger partial charge in [0.2, 0.25) is 0 Å². The number of ether oxygens (including phenoxy) is 2. The Bertz CT molecular complexity index is 1290. The van der Waals surface area contributed by atoms with Crippen LogP contribution in [0.25, 0.3) is 22.1 Å². The number of rotatable bonds is 6. The highest BCUT2D eigenvalue weighted by Gasteiger charge is 2.11. The summed E-state index contributed by atoms with van der Waals surface area (Å²) in [7, 11) is 0. The Kier molecular flexibility index (Phi) is 4.70. The molecule has 0 aliphatic carbocycles. The topological polar surface area (TPSA) is 93.0 Å². The molecule has 0 saturated carbocycles. The standard InChI is InChI=1S/C20H16N2O5S/c1-2-26-16-9-12(7-8-15(16)27-11-18(23)24)10-17-19(25)22-14-6-4-3-5-13(14)21-20(22)28-17/h3-10H,2,11H2,1H3,(H,23,24)/p-1/b17-10-. The molecule has 2 aromatic heterocycles. The Hall–Kier alpha value is -3.39. The number of nitrogens with zero attached hydrogens (tertiary/aromatic N) is 2. The molecule has 0 spiro atoms. The number of fused-ring (bicyclic) bond motifs is 3. The molecular formula is C20H15N2O5S-. The number of aliphatic carboxylic acids is 1. The Balaban J connectivity index is 1.78. The van der Waals surface area contributed by atoms with Gasteiger partial charge in [-0.3, -0.25) is 4.79 Å². The number of carboxylic acids is 1. The van der Waals surface area contributed by atoms with Crippen molar-refractivity contribution in [2.45, 2.75) is 6.92 Å². The molecule has 0 fully saturated rings. The van der Waals surface area contributed by atoms with Crippen LogP contribution in [0, 0.1) is 0 Å². The van der Waals surface area contributed by atoms with Gasteiger partial charge in [0.25, 0.3) is 5.56 Å². The zero-order valence-electron chi connectivity index (χ0n) is 14.9. The number of carbonyl (C=O) groups is 1. The van der Waals surface area contributed by atoms with Crippen molar-refractivity contribution in [1.29, 1.82) is 0 Å². The van der Waals surface area contributed by atoms with Crippen molar-refractivity contribution < 1.29 is 19.4 Å². The molecule has 0 unspecified atom stereocenters. The summed E-state index contributed by atoms with van der Waals surface area (Å²) in [5, 5.41) is 10.6. The maximum atomic E-state index is 12.8. The highest BCUT2D eigenvalue weighted by molar-refractivity contribution is 7.15. The highest BCUT2D eigenvalue weighted by Crippen LogP contribution is 2.28. The summed E-state index contributed by atoms with van der Waals surface area (Å²) in [5.41, 5.74) is 2.16. The van der Waals surface area contributed by atoms with Crippen LogP contribution in [0.4, 0.5) is 0 Å². The van der Waals surface area contributed by atoms with Gasteiger partial charge in [-0.15, -0.1) is 0 Å². The molecule has 0 radical (unpaired) electrons. The molecule has 0 bridgehead atoms. The molecule has 28 heavy (non-hydrogen) atoms. The SMILES string of the molecule is CCOc1cc(/C=c2\sc3nc4ccccc4n3c2=O)ccc1OCC(=O)[O-]. The van der Waals surface area contributed by atoms with Crippen molar-refractivity contribution in [2.75, 3.05) is 13.2 Å². The first-order valence-electron chi connectivity index (χ1n) is 8.58. The van der Waals surface area contributed by atoms with Gasteiger partial charge in [-0.1, -0.05) is 29.5 Å². The Labute approximate surface area is 163 Å². The van der Waals surface area contributed by atoms with E-state index in [9.17, 15) is 14.7 Å². The average molecular weight is 395 g/mol. The second-order valence-corrected chi connectivity index (χ2v) is 6.94. The van der Waals surface area contributed by atoms with E-state index in [1.165, 1.54) is 11.3 Å². The molecular weight excluding hydrogens is 380 g/mol. The lowest BCUT2D eigenvalue weighted by atomic mass is 10.2. The zero-order chi connectivity index (χ0) is 19.7. The smallest absolute Gasteiger partial charge is 0.274 e. The minimum atomic E-state index is -1.32. The van der Waals surface area contributed by atoms with E-state index in [2.05, 4.69) is 4.98 Å². The highest BCUT2D eigenvalue weighted by atomic mass is 32.1. The van der Waals surface area contributed by atoms with Crippen molar-refractivity contribution in [3.63, 3.8) is 0 Å². The molecule has 4 rings (SSSR count). The van der Waals surface area contributed by atoms with Gasteiger partial charge in [0.15, 0.2) is 16.5 Å². The minimum absolute atomic E-state index is 0.135. The van der Waals surface area contributed by atoms with E-state index < -0.39 is 12.6 Å². The Morgan fingerprint density at radius 1 is 1.21 bits per heavy atom. The number of hydrogen-bond donors (Lipinski definition) is 0. The van der Waals surface area contributed by atoms with Crippen LogP contribution >= 0.6 is 11.3 Å². The quantitative estimate of drug-likeness (QED) is 0.483. The first-order valence-corrected chi connectivity index (χ1v) is 9.39. The second-order valence-electron chi connectivity index (χ2n) is 5.93. The number of thiazole rings is 1. The van der Waals surface area contributed by atoms with Gasteiger partial charge in [0.1, 0.15) is 6.61 Å². The molecule has 8 heteroatoms. The van der Waals surface area contributed by atoms with Gasteiger partial charge in [0.05, 0.1) is 28.1 Å². The van der Waals surface area contributed by atoms with Crippen LogP contribution in [-0.2, 0) is 4.79 Å². The number of benzene rings is 2. The number of para-hydroxylation sites is 2.